The first-order valence-electron chi connectivity index (χ1n) is 11.9. The van der Waals surface area contributed by atoms with Gasteiger partial charge in [0, 0.05) is 6.04 Å². The Kier molecular flexibility index (Phi) is 12.6. The summed E-state index contributed by atoms with van der Waals surface area (Å²) in [6.45, 7) is 4.48. The molecule has 0 unspecified atom stereocenters. The third-order valence-corrected chi connectivity index (χ3v) is 5.30. The van der Waals surface area contributed by atoms with E-state index < -0.39 is 6.09 Å². The molecule has 2 rings (SSSR count). The first-order valence-corrected chi connectivity index (χ1v) is 11.9. The van der Waals surface area contributed by atoms with E-state index in [4.69, 9.17) is 9.47 Å². The molecule has 0 aliphatic carbocycles. The average molecular weight is 452 g/mol. The number of nitrogens with one attached hydrogen (secondary N) is 1. The molecule has 33 heavy (non-hydrogen) atoms. The Labute approximate surface area is 198 Å². The lowest BCUT2D eigenvalue weighted by Gasteiger charge is -2.25. The summed E-state index contributed by atoms with van der Waals surface area (Å²) >= 11 is 0. The summed E-state index contributed by atoms with van der Waals surface area (Å²) in [5, 5.41) is 3.04. The maximum atomic E-state index is 12.5. The molecule has 178 valence electrons. The molecule has 1 N–H and O–H groups in total. The minimum atomic E-state index is -0.415. The largest absolute Gasteiger partial charge is 0.445 e. The molecule has 0 saturated carbocycles. The maximum absolute atomic E-state index is 12.5. The van der Waals surface area contributed by atoms with Crippen molar-refractivity contribution in [3.63, 3.8) is 0 Å². The van der Waals surface area contributed by atoms with Crippen molar-refractivity contribution in [3.05, 3.63) is 83.9 Å². The number of allylic oxidation sites excluding steroid dienone is 2. The van der Waals surface area contributed by atoms with Crippen LogP contribution in [-0.2, 0) is 27.5 Å². The van der Waals surface area contributed by atoms with Gasteiger partial charge in [0.2, 0.25) is 0 Å². The predicted molar refractivity (Wildman–Crippen MR) is 132 cm³/mol. The molecule has 5 heteroatoms. The summed E-state index contributed by atoms with van der Waals surface area (Å²) in [6.07, 6.45) is 8.21. The molecule has 0 heterocycles. The number of alkyl carbamates (subject to hydrolysis) is 1. The number of hydrogen-bond donors (Lipinski definition) is 1. The van der Waals surface area contributed by atoms with Gasteiger partial charge in [-0.15, -0.1) is 0 Å². The zero-order chi connectivity index (χ0) is 23.7. The van der Waals surface area contributed by atoms with Crippen LogP contribution in [0.25, 0.3) is 0 Å². The number of carbonyl (C=O) groups is 2. The van der Waals surface area contributed by atoms with Crippen LogP contribution in [0.5, 0.6) is 0 Å². The van der Waals surface area contributed by atoms with Crippen molar-refractivity contribution in [1.82, 2.24) is 5.32 Å². The van der Waals surface area contributed by atoms with Crippen LogP contribution in [0, 0.1) is 0 Å². The van der Waals surface area contributed by atoms with E-state index in [2.05, 4.69) is 24.4 Å². The first kappa shape index (κ1) is 26.3. The van der Waals surface area contributed by atoms with Gasteiger partial charge in [0.05, 0.1) is 12.7 Å². The molecule has 2 aromatic carbocycles. The minimum Gasteiger partial charge on any atom is -0.445 e. The van der Waals surface area contributed by atoms with Gasteiger partial charge in [0.1, 0.15) is 6.61 Å². The summed E-state index contributed by atoms with van der Waals surface area (Å²) in [5.74, 6) is 0.0477. The van der Waals surface area contributed by atoms with Gasteiger partial charge in [-0.25, -0.2) is 4.79 Å². The van der Waals surface area contributed by atoms with Crippen LogP contribution >= 0.6 is 0 Å². The fraction of sp³-hybridized carbons (Fsp3) is 0.429. The Balaban J connectivity index is 1.92. The summed E-state index contributed by atoms with van der Waals surface area (Å²) in [6, 6.07) is 19.7. The monoisotopic (exact) mass is 451 g/mol. The maximum Gasteiger partial charge on any atom is 0.407 e. The molecule has 2 atom stereocenters. The zero-order valence-electron chi connectivity index (χ0n) is 19.9. The quantitative estimate of drug-likeness (QED) is 0.252. The van der Waals surface area contributed by atoms with Crippen molar-refractivity contribution < 1.29 is 19.1 Å². The summed E-state index contributed by atoms with van der Waals surface area (Å²) in [4.78, 5) is 23.6. The van der Waals surface area contributed by atoms with Crippen molar-refractivity contribution in [3.8, 4) is 0 Å². The van der Waals surface area contributed by atoms with E-state index in [-0.39, 0.29) is 24.5 Å². The second-order valence-electron chi connectivity index (χ2n) is 8.29. The van der Waals surface area contributed by atoms with Crippen LogP contribution in [0.1, 0.15) is 63.5 Å². The molecular weight excluding hydrogens is 414 g/mol. The number of unbranched alkanes of at least 4 members (excludes halogenated alkanes) is 1. The molecule has 0 radical (unpaired) electrons. The minimum absolute atomic E-state index is 0.0439. The van der Waals surface area contributed by atoms with Gasteiger partial charge >= 0.3 is 6.09 Å². The molecule has 0 fully saturated rings. The van der Waals surface area contributed by atoms with Crippen LogP contribution in [-0.4, -0.2) is 24.0 Å². The molecular formula is C28H37NO4. The molecule has 2 aromatic rings. The lowest BCUT2D eigenvalue weighted by molar-refractivity contribution is -0.112. The zero-order valence-corrected chi connectivity index (χ0v) is 19.9. The highest BCUT2D eigenvalue weighted by Crippen LogP contribution is 2.17. The van der Waals surface area contributed by atoms with Gasteiger partial charge in [-0.2, -0.15) is 0 Å². The smallest absolute Gasteiger partial charge is 0.407 e. The van der Waals surface area contributed by atoms with E-state index in [1.807, 2.05) is 54.6 Å². The standard InChI is InChI=1S/C28H37NO4/c1-3-13-27(32-21-24-15-8-5-9-16-24)20-26(19-12-4-7-14-23(2)30)29-28(31)33-22-25-17-10-6-11-18-25/h5-11,14-18,26-27H,3-4,12-13,19-22H2,1-2H3,(H,29,31)/b14-7+/t26-,27+/m1/s1. The van der Waals surface area contributed by atoms with Crippen LogP contribution in [0.3, 0.4) is 0 Å². The Bertz CT molecular complexity index is 835. The molecule has 0 spiro atoms. The highest BCUT2D eigenvalue weighted by atomic mass is 16.5. The van der Waals surface area contributed by atoms with Gasteiger partial charge in [-0.1, -0.05) is 80.1 Å². The third kappa shape index (κ3) is 12.0. The number of ketones is 1. The van der Waals surface area contributed by atoms with Crippen molar-refractivity contribution in [2.75, 3.05) is 0 Å². The highest BCUT2D eigenvalue weighted by Gasteiger charge is 2.19. The molecule has 5 nitrogen and oxygen atoms in total. The van der Waals surface area contributed by atoms with Crippen LogP contribution in [0.2, 0.25) is 0 Å². The molecule has 1 amide bonds. The van der Waals surface area contributed by atoms with Gasteiger partial charge in [-0.3, -0.25) is 4.79 Å². The fourth-order valence-corrected chi connectivity index (χ4v) is 3.61. The van der Waals surface area contributed by atoms with Gasteiger partial charge in [0.25, 0.3) is 0 Å². The van der Waals surface area contributed by atoms with E-state index in [0.29, 0.717) is 6.61 Å². The van der Waals surface area contributed by atoms with Gasteiger partial charge in [-0.05, 0) is 56.2 Å². The molecule has 0 saturated heterocycles. The Hall–Kier alpha value is -2.92. The summed E-state index contributed by atoms with van der Waals surface area (Å²) in [7, 11) is 0. The van der Waals surface area contributed by atoms with Gasteiger partial charge in [0.15, 0.2) is 5.78 Å². The number of rotatable bonds is 15. The molecule has 0 bridgehead atoms. The van der Waals surface area contributed by atoms with Crippen LogP contribution < -0.4 is 5.32 Å². The first-order chi connectivity index (χ1) is 16.1. The Morgan fingerprint density at radius 1 is 0.939 bits per heavy atom. The summed E-state index contributed by atoms with van der Waals surface area (Å²) in [5.41, 5.74) is 2.09. The fourth-order valence-electron chi connectivity index (χ4n) is 3.61. The molecule has 0 aromatic heterocycles. The predicted octanol–water partition coefficient (Wildman–Crippen LogP) is 6.37. The van der Waals surface area contributed by atoms with Crippen molar-refractivity contribution in [1.29, 1.82) is 0 Å². The molecule has 0 aliphatic heterocycles. The van der Waals surface area contributed by atoms with Crippen molar-refractivity contribution >= 4 is 11.9 Å². The normalized spacial score (nSPS) is 12.9. The lowest BCUT2D eigenvalue weighted by atomic mass is 10.00. The van der Waals surface area contributed by atoms with E-state index in [0.717, 1.165) is 49.7 Å². The third-order valence-electron chi connectivity index (χ3n) is 5.30. The van der Waals surface area contributed by atoms with E-state index in [1.165, 1.54) is 0 Å². The second-order valence-corrected chi connectivity index (χ2v) is 8.29. The molecule has 0 aliphatic rings. The number of amides is 1. The van der Waals surface area contributed by atoms with E-state index in [9.17, 15) is 9.59 Å². The summed E-state index contributed by atoms with van der Waals surface area (Å²) < 4.78 is 11.7. The van der Waals surface area contributed by atoms with Crippen LogP contribution in [0.4, 0.5) is 4.79 Å². The van der Waals surface area contributed by atoms with E-state index in [1.54, 1.807) is 13.0 Å². The highest BCUT2D eigenvalue weighted by molar-refractivity contribution is 5.87. The van der Waals surface area contributed by atoms with Crippen molar-refractivity contribution in [2.45, 2.75) is 77.7 Å². The SMILES string of the molecule is CCC[C@@H](C[C@@H](CCC/C=C/C(C)=O)NC(=O)OCc1ccccc1)OCc1ccccc1. The number of ether oxygens (including phenoxy) is 2. The number of benzene rings is 2. The average Bonchev–Trinajstić information content (AvgIpc) is 2.82. The Morgan fingerprint density at radius 3 is 2.18 bits per heavy atom. The van der Waals surface area contributed by atoms with Crippen molar-refractivity contribution in [2.24, 2.45) is 0 Å². The number of carbonyl (C=O) groups excluding carboxylic acids is 2. The van der Waals surface area contributed by atoms with Crippen LogP contribution in [0.15, 0.2) is 72.8 Å². The second kappa shape index (κ2) is 15.8. The van der Waals surface area contributed by atoms with E-state index >= 15 is 0 Å². The number of hydrogen-bond acceptors (Lipinski definition) is 4. The van der Waals surface area contributed by atoms with Gasteiger partial charge < -0.3 is 14.8 Å². The Morgan fingerprint density at radius 2 is 1.58 bits per heavy atom. The topological polar surface area (TPSA) is 64.6 Å². The lowest BCUT2D eigenvalue weighted by Crippen LogP contribution is -2.38.